The van der Waals surface area contributed by atoms with Gasteiger partial charge in [-0.15, -0.1) is 0 Å². The normalized spacial score (nSPS) is 27.2. The Morgan fingerprint density at radius 3 is 2.40 bits per heavy atom. The maximum atomic E-state index is 4.01. The lowest BCUT2D eigenvalue weighted by atomic mass is 9.75. The van der Waals surface area contributed by atoms with Crippen LogP contribution in [0.15, 0.2) is 24.3 Å². The first-order chi connectivity index (χ1) is 9.53. The van der Waals surface area contributed by atoms with Crippen LogP contribution in [0.4, 0.5) is 0 Å². The van der Waals surface area contributed by atoms with Crippen LogP contribution in [0.2, 0.25) is 0 Å². The molecule has 1 aromatic carbocycles. The van der Waals surface area contributed by atoms with E-state index in [0.717, 1.165) is 5.92 Å². The predicted molar refractivity (Wildman–Crippen MR) is 85.8 cm³/mol. The van der Waals surface area contributed by atoms with Gasteiger partial charge in [-0.05, 0) is 55.9 Å². The highest BCUT2D eigenvalue weighted by molar-refractivity contribution is 5.25. The highest BCUT2D eigenvalue weighted by atomic mass is 15.0. The molecule has 110 valence electrons. The number of benzene rings is 1. The molecule has 0 aliphatic heterocycles. The van der Waals surface area contributed by atoms with Gasteiger partial charge in [-0.2, -0.15) is 0 Å². The molecule has 2 atom stereocenters. The molecule has 0 radical (unpaired) electrons. The first-order valence-corrected chi connectivity index (χ1v) is 8.36. The van der Waals surface area contributed by atoms with Crippen LogP contribution in [-0.4, -0.2) is 6.04 Å². The SMILES string of the molecule is Cc1ccc(C(NC2CCCC(C)(C)C2)C2CC2)cc1. The first-order valence-electron chi connectivity index (χ1n) is 8.36. The van der Waals surface area contributed by atoms with Crippen LogP contribution in [-0.2, 0) is 0 Å². The predicted octanol–water partition coefficient (Wildman–Crippen LogP) is 5.00. The zero-order valence-corrected chi connectivity index (χ0v) is 13.3. The van der Waals surface area contributed by atoms with Gasteiger partial charge >= 0.3 is 0 Å². The van der Waals surface area contributed by atoms with Crippen molar-refractivity contribution in [1.82, 2.24) is 5.32 Å². The number of aryl methyl sites for hydroxylation is 1. The van der Waals surface area contributed by atoms with Crippen LogP contribution < -0.4 is 5.32 Å². The van der Waals surface area contributed by atoms with Gasteiger partial charge in [0.05, 0.1) is 0 Å². The fourth-order valence-electron chi connectivity index (χ4n) is 3.80. The Hall–Kier alpha value is -0.820. The number of rotatable bonds is 4. The van der Waals surface area contributed by atoms with E-state index >= 15 is 0 Å². The largest absolute Gasteiger partial charge is 0.307 e. The summed E-state index contributed by atoms with van der Waals surface area (Å²) < 4.78 is 0. The highest BCUT2D eigenvalue weighted by Crippen LogP contribution is 2.43. The third-order valence-corrected chi connectivity index (χ3v) is 5.15. The molecular formula is C19H29N. The van der Waals surface area contributed by atoms with E-state index < -0.39 is 0 Å². The average Bonchev–Trinajstić information content (AvgIpc) is 3.20. The van der Waals surface area contributed by atoms with Gasteiger partial charge in [0.25, 0.3) is 0 Å². The molecule has 1 nitrogen and oxygen atoms in total. The van der Waals surface area contributed by atoms with Gasteiger partial charge in [0, 0.05) is 12.1 Å². The van der Waals surface area contributed by atoms with Gasteiger partial charge in [0.1, 0.15) is 0 Å². The van der Waals surface area contributed by atoms with Crippen molar-refractivity contribution in [1.29, 1.82) is 0 Å². The summed E-state index contributed by atoms with van der Waals surface area (Å²) in [4.78, 5) is 0. The molecule has 1 heteroatoms. The van der Waals surface area contributed by atoms with Crippen molar-refractivity contribution >= 4 is 0 Å². The van der Waals surface area contributed by atoms with Gasteiger partial charge < -0.3 is 5.32 Å². The Labute approximate surface area is 124 Å². The second-order valence-electron chi connectivity index (χ2n) is 7.85. The fraction of sp³-hybridized carbons (Fsp3) is 0.684. The Kier molecular flexibility index (Phi) is 3.90. The Morgan fingerprint density at radius 1 is 1.10 bits per heavy atom. The Morgan fingerprint density at radius 2 is 1.80 bits per heavy atom. The van der Waals surface area contributed by atoms with E-state index in [0.29, 0.717) is 17.5 Å². The lowest BCUT2D eigenvalue weighted by Crippen LogP contribution is -2.40. The van der Waals surface area contributed by atoms with Crippen molar-refractivity contribution in [3.8, 4) is 0 Å². The summed E-state index contributed by atoms with van der Waals surface area (Å²) in [7, 11) is 0. The van der Waals surface area contributed by atoms with Gasteiger partial charge in [0.2, 0.25) is 0 Å². The van der Waals surface area contributed by atoms with Crippen LogP contribution in [0.1, 0.15) is 69.5 Å². The van der Waals surface area contributed by atoms with E-state index in [1.807, 2.05) is 0 Å². The minimum absolute atomic E-state index is 0.525. The quantitative estimate of drug-likeness (QED) is 0.812. The number of hydrogen-bond donors (Lipinski definition) is 1. The van der Waals surface area contributed by atoms with Crippen molar-refractivity contribution in [2.45, 2.75) is 71.4 Å². The topological polar surface area (TPSA) is 12.0 Å². The average molecular weight is 271 g/mol. The summed E-state index contributed by atoms with van der Waals surface area (Å²) in [5.74, 6) is 0.878. The molecule has 2 unspecified atom stereocenters. The molecule has 0 heterocycles. The summed E-state index contributed by atoms with van der Waals surface area (Å²) in [5, 5.41) is 4.01. The van der Waals surface area contributed by atoms with Crippen molar-refractivity contribution in [2.24, 2.45) is 11.3 Å². The monoisotopic (exact) mass is 271 g/mol. The minimum atomic E-state index is 0.525. The molecular weight excluding hydrogens is 242 g/mol. The Bertz CT molecular complexity index is 441. The molecule has 1 aromatic rings. The molecule has 3 rings (SSSR count). The van der Waals surface area contributed by atoms with E-state index in [4.69, 9.17) is 0 Å². The van der Waals surface area contributed by atoms with Crippen molar-refractivity contribution in [2.75, 3.05) is 0 Å². The van der Waals surface area contributed by atoms with Gasteiger partial charge in [-0.25, -0.2) is 0 Å². The van der Waals surface area contributed by atoms with Crippen molar-refractivity contribution in [3.05, 3.63) is 35.4 Å². The van der Waals surface area contributed by atoms with Crippen LogP contribution in [0.5, 0.6) is 0 Å². The van der Waals surface area contributed by atoms with Crippen LogP contribution in [0, 0.1) is 18.3 Å². The molecule has 20 heavy (non-hydrogen) atoms. The third-order valence-electron chi connectivity index (χ3n) is 5.15. The fourth-order valence-corrected chi connectivity index (χ4v) is 3.80. The summed E-state index contributed by atoms with van der Waals surface area (Å²) >= 11 is 0. The minimum Gasteiger partial charge on any atom is -0.307 e. The lowest BCUT2D eigenvalue weighted by molar-refractivity contribution is 0.185. The maximum absolute atomic E-state index is 4.01. The number of nitrogens with one attached hydrogen (secondary N) is 1. The summed E-state index contributed by atoms with van der Waals surface area (Å²) in [5.41, 5.74) is 3.39. The maximum Gasteiger partial charge on any atom is 0.0351 e. The molecule has 2 aliphatic carbocycles. The molecule has 0 spiro atoms. The van der Waals surface area contributed by atoms with Crippen LogP contribution in [0.3, 0.4) is 0 Å². The van der Waals surface area contributed by atoms with Gasteiger partial charge in [-0.3, -0.25) is 0 Å². The first kappa shape index (κ1) is 14.1. The molecule has 2 saturated carbocycles. The molecule has 1 N–H and O–H groups in total. The molecule has 2 aliphatic rings. The molecule has 0 amide bonds. The number of hydrogen-bond acceptors (Lipinski definition) is 1. The standard InChI is InChI=1S/C19H29N/c1-14-6-8-15(9-7-14)18(16-10-11-16)20-17-5-4-12-19(2,3)13-17/h6-9,16-18,20H,4-5,10-13H2,1-3H3. The van der Waals surface area contributed by atoms with E-state index in [2.05, 4.69) is 50.4 Å². The smallest absolute Gasteiger partial charge is 0.0351 e. The lowest BCUT2D eigenvalue weighted by Gasteiger charge is -2.38. The van der Waals surface area contributed by atoms with Crippen LogP contribution >= 0.6 is 0 Å². The van der Waals surface area contributed by atoms with E-state index in [1.54, 1.807) is 0 Å². The zero-order valence-electron chi connectivity index (χ0n) is 13.3. The molecule has 0 saturated heterocycles. The summed E-state index contributed by atoms with van der Waals surface area (Å²) in [6.45, 7) is 7.03. The Balaban J connectivity index is 1.70. The van der Waals surface area contributed by atoms with E-state index in [1.165, 1.54) is 49.7 Å². The molecule has 0 bridgehead atoms. The zero-order chi connectivity index (χ0) is 14.2. The summed E-state index contributed by atoms with van der Waals surface area (Å²) in [6.07, 6.45) is 8.28. The van der Waals surface area contributed by atoms with Gasteiger partial charge in [-0.1, -0.05) is 50.1 Å². The highest BCUT2D eigenvalue weighted by Gasteiger charge is 2.35. The van der Waals surface area contributed by atoms with E-state index in [-0.39, 0.29) is 0 Å². The molecule has 0 aromatic heterocycles. The van der Waals surface area contributed by atoms with Crippen molar-refractivity contribution in [3.63, 3.8) is 0 Å². The second-order valence-corrected chi connectivity index (χ2v) is 7.85. The van der Waals surface area contributed by atoms with E-state index in [9.17, 15) is 0 Å². The van der Waals surface area contributed by atoms with Crippen molar-refractivity contribution < 1.29 is 0 Å². The van der Waals surface area contributed by atoms with Crippen LogP contribution in [0.25, 0.3) is 0 Å². The third kappa shape index (κ3) is 3.44. The summed E-state index contributed by atoms with van der Waals surface area (Å²) in [6, 6.07) is 10.5. The van der Waals surface area contributed by atoms with Gasteiger partial charge in [0.15, 0.2) is 0 Å². The molecule has 2 fully saturated rings. The second kappa shape index (κ2) is 5.52.